The van der Waals surface area contributed by atoms with Crippen LogP contribution >= 0.6 is 0 Å². The second kappa shape index (κ2) is 5.30. The van der Waals surface area contributed by atoms with Crippen LogP contribution in [-0.2, 0) is 4.79 Å². The number of rotatable bonds is 2. The quantitative estimate of drug-likeness (QED) is 0.853. The largest absolute Gasteiger partial charge is 0.340 e. The lowest BCUT2D eigenvalue weighted by molar-refractivity contribution is -0.117. The maximum atomic E-state index is 13.4. The van der Waals surface area contributed by atoms with E-state index in [1.807, 2.05) is 0 Å². The van der Waals surface area contributed by atoms with Gasteiger partial charge < -0.3 is 9.80 Å². The molecule has 2 aromatic rings. The van der Waals surface area contributed by atoms with E-state index in [9.17, 15) is 9.18 Å². The average Bonchev–Trinajstić information content (AvgIpc) is 3.12. The van der Waals surface area contributed by atoms with Crippen molar-refractivity contribution in [3.8, 4) is 0 Å². The molecule has 5 nitrogen and oxygen atoms in total. The molecule has 1 aromatic carbocycles. The van der Waals surface area contributed by atoms with Crippen molar-refractivity contribution in [1.82, 2.24) is 9.97 Å². The fraction of sp³-hybridized carbons (Fsp3) is 0.353. The minimum Gasteiger partial charge on any atom is -0.340 e. The van der Waals surface area contributed by atoms with Crippen molar-refractivity contribution in [2.24, 2.45) is 5.41 Å². The van der Waals surface area contributed by atoms with Crippen LogP contribution in [0.25, 0.3) is 0 Å². The van der Waals surface area contributed by atoms with Crippen LogP contribution in [0.5, 0.6) is 0 Å². The van der Waals surface area contributed by atoms with Gasteiger partial charge in [0.05, 0.1) is 0 Å². The van der Waals surface area contributed by atoms with Gasteiger partial charge in [-0.1, -0.05) is 6.07 Å². The maximum Gasteiger partial charge on any atom is 0.227 e. The van der Waals surface area contributed by atoms with E-state index in [-0.39, 0.29) is 17.1 Å². The summed E-state index contributed by atoms with van der Waals surface area (Å²) < 4.78 is 13.4. The van der Waals surface area contributed by atoms with Crippen molar-refractivity contribution in [3.63, 3.8) is 0 Å². The van der Waals surface area contributed by atoms with Crippen molar-refractivity contribution in [3.05, 3.63) is 48.5 Å². The Hall–Kier alpha value is -2.50. The molecular formula is C17H17FN4O. The van der Waals surface area contributed by atoms with E-state index in [4.69, 9.17) is 0 Å². The standard InChI is InChI=1S/C17H17FN4O/c18-13-3-1-4-14(9-13)22-12-17(10-15(22)23)5-8-21(11-17)16-19-6-2-7-20-16/h1-4,6-7,9H,5,8,10-12H2/t17-/m1/s1. The molecule has 6 heteroatoms. The summed E-state index contributed by atoms with van der Waals surface area (Å²) in [6.45, 7) is 2.22. The molecular weight excluding hydrogens is 295 g/mol. The molecule has 0 N–H and O–H groups in total. The summed E-state index contributed by atoms with van der Waals surface area (Å²) in [5.41, 5.74) is 0.545. The Labute approximate surface area is 133 Å². The van der Waals surface area contributed by atoms with Gasteiger partial charge in [0, 0.05) is 49.6 Å². The summed E-state index contributed by atoms with van der Waals surface area (Å²) in [7, 11) is 0. The van der Waals surface area contributed by atoms with Crippen LogP contribution in [0.3, 0.4) is 0 Å². The van der Waals surface area contributed by atoms with Crippen molar-refractivity contribution >= 4 is 17.5 Å². The van der Waals surface area contributed by atoms with E-state index >= 15 is 0 Å². The first-order valence-corrected chi connectivity index (χ1v) is 7.73. The highest BCUT2D eigenvalue weighted by molar-refractivity contribution is 5.96. The highest BCUT2D eigenvalue weighted by atomic mass is 19.1. The molecule has 4 rings (SSSR count). The minimum absolute atomic E-state index is 0.0615. The third-order valence-corrected chi connectivity index (χ3v) is 4.71. The summed E-state index contributed by atoms with van der Waals surface area (Å²) in [5, 5.41) is 0. The number of benzene rings is 1. The molecule has 1 atom stereocenters. The summed E-state index contributed by atoms with van der Waals surface area (Å²) in [6.07, 6.45) is 4.87. The third-order valence-electron chi connectivity index (χ3n) is 4.71. The number of hydrogen-bond acceptors (Lipinski definition) is 4. The number of carbonyl (C=O) groups excluding carboxylic acids is 1. The highest BCUT2D eigenvalue weighted by Gasteiger charge is 2.48. The zero-order valence-corrected chi connectivity index (χ0v) is 12.7. The van der Waals surface area contributed by atoms with Crippen molar-refractivity contribution in [2.45, 2.75) is 12.8 Å². The Morgan fingerprint density at radius 1 is 1.13 bits per heavy atom. The Balaban J connectivity index is 1.54. The molecule has 2 saturated heterocycles. The molecule has 2 aliphatic heterocycles. The van der Waals surface area contributed by atoms with Gasteiger partial charge in [-0.3, -0.25) is 4.79 Å². The summed E-state index contributed by atoms with van der Waals surface area (Å²) in [4.78, 5) is 24.9. The van der Waals surface area contributed by atoms with Crippen molar-refractivity contribution in [1.29, 1.82) is 0 Å². The van der Waals surface area contributed by atoms with Crippen LogP contribution in [0.15, 0.2) is 42.7 Å². The van der Waals surface area contributed by atoms with E-state index in [1.165, 1.54) is 12.1 Å². The van der Waals surface area contributed by atoms with Crippen LogP contribution in [0.1, 0.15) is 12.8 Å². The fourth-order valence-electron chi connectivity index (χ4n) is 3.61. The maximum absolute atomic E-state index is 13.4. The number of halogens is 1. The van der Waals surface area contributed by atoms with Gasteiger partial charge in [0.2, 0.25) is 11.9 Å². The molecule has 118 valence electrons. The van der Waals surface area contributed by atoms with Gasteiger partial charge in [-0.05, 0) is 30.7 Å². The first-order chi connectivity index (χ1) is 11.2. The predicted molar refractivity (Wildman–Crippen MR) is 84.7 cm³/mol. The molecule has 1 amide bonds. The van der Waals surface area contributed by atoms with Crippen LogP contribution in [0, 0.1) is 11.2 Å². The first-order valence-electron chi connectivity index (χ1n) is 7.73. The summed E-state index contributed by atoms with van der Waals surface area (Å²) in [6, 6.07) is 8.03. The summed E-state index contributed by atoms with van der Waals surface area (Å²) >= 11 is 0. The lowest BCUT2D eigenvalue weighted by atomic mass is 9.86. The lowest BCUT2D eigenvalue weighted by Crippen LogP contribution is -2.31. The van der Waals surface area contributed by atoms with E-state index in [1.54, 1.807) is 35.5 Å². The summed E-state index contributed by atoms with van der Waals surface area (Å²) in [5.74, 6) is 0.453. The van der Waals surface area contributed by atoms with Crippen LogP contribution in [0.2, 0.25) is 0 Å². The molecule has 0 saturated carbocycles. The second-order valence-corrected chi connectivity index (χ2v) is 6.36. The topological polar surface area (TPSA) is 49.3 Å². The predicted octanol–water partition coefficient (Wildman–Crippen LogP) is 2.25. The SMILES string of the molecule is O=C1C[C@@]2(CCN(c3ncccn3)C2)CN1c1cccc(F)c1. The molecule has 23 heavy (non-hydrogen) atoms. The van der Waals surface area contributed by atoms with Crippen LogP contribution in [-0.4, -0.2) is 35.5 Å². The van der Waals surface area contributed by atoms with Crippen LogP contribution < -0.4 is 9.80 Å². The lowest BCUT2D eigenvalue weighted by Gasteiger charge is -2.24. The molecule has 1 spiro atoms. The molecule has 2 fully saturated rings. The molecule has 0 aliphatic carbocycles. The number of amides is 1. The van der Waals surface area contributed by atoms with Crippen LogP contribution in [0.4, 0.5) is 16.0 Å². The number of aromatic nitrogens is 2. The van der Waals surface area contributed by atoms with Gasteiger partial charge in [0.15, 0.2) is 0 Å². The van der Waals surface area contributed by atoms with Crippen molar-refractivity contribution < 1.29 is 9.18 Å². The number of carbonyl (C=O) groups is 1. The van der Waals surface area contributed by atoms with E-state index in [0.29, 0.717) is 24.6 Å². The molecule has 0 unspecified atom stereocenters. The van der Waals surface area contributed by atoms with Crippen molar-refractivity contribution in [2.75, 3.05) is 29.4 Å². The molecule has 0 radical (unpaired) electrons. The highest BCUT2D eigenvalue weighted by Crippen LogP contribution is 2.42. The Morgan fingerprint density at radius 3 is 2.74 bits per heavy atom. The molecule has 2 aliphatic rings. The van der Waals surface area contributed by atoms with Gasteiger partial charge in [-0.25, -0.2) is 14.4 Å². The van der Waals surface area contributed by atoms with Gasteiger partial charge in [0.1, 0.15) is 5.82 Å². The van der Waals surface area contributed by atoms with E-state index < -0.39 is 0 Å². The molecule has 1 aromatic heterocycles. The fourth-order valence-corrected chi connectivity index (χ4v) is 3.61. The first kappa shape index (κ1) is 14.1. The smallest absolute Gasteiger partial charge is 0.227 e. The Morgan fingerprint density at radius 2 is 1.96 bits per heavy atom. The third kappa shape index (κ3) is 2.54. The van der Waals surface area contributed by atoms with Gasteiger partial charge in [-0.15, -0.1) is 0 Å². The zero-order valence-electron chi connectivity index (χ0n) is 12.7. The van der Waals surface area contributed by atoms with Gasteiger partial charge in [0.25, 0.3) is 0 Å². The minimum atomic E-state index is -0.318. The monoisotopic (exact) mass is 312 g/mol. The normalized spacial score (nSPS) is 24.0. The Kier molecular flexibility index (Phi) is 3.25. The number of anilines is 2. The average molecular weight is 312 g/mol. The van der Waals surface area contributed by atoms with Gasteiger partial charge in [-0.2, -0.15) is 0 Å². The van der Waals surface area contributed by atoms with E-state index in [2.05, 4.69) is 14.9 Å². The number of hydrogen-bond donors (Lipinski definition) is 0. The number of nitrogens with zero attached hydrogens (tertiary/aromatic N) is 4. The van der Waals surface area contributed by atoms with Gasteiger partial charge >= 0.3 is 0 Å². The van der Waals surface area contributed by atoms with E-state index in [0.717, 1.165) is 19.5 Å². The molecule has 3 heterocycles. The molecule has 0 bridgehead atoms. The Bertz CT molecular complexity index is 738. The zero-order chi connectivity index (χ0) is 15.9. The second-order valence-electron chi connectivity index (χ2n) is 6.36.